The van der Waals surface area contributed by atoms with Crippen molar-refractivity contribution in [1.29, 1.82) is 0 Å². The molecule has 4 aromatic rings. The largest absolute Gasteiger partial charge is 0.235 e. The molecule has 0 aliphatic carbocycles. The van der Waals surface area contributed by atoms with Crippen molar-refractivity contribution in [3.63, 3.8) is 0 Å². The van der Waals surface area contributed by atoms with Crippen LogP contribution in [0.1, 0.15) is 49.2 Å². The maximum atomic E-state index is 4.79. The molecule has 0 aliphatic heterocycles. The summed E-state index contributed by atoms with van der Waals surface area (Å²) in [5.41, 5.74) is 4.98. The quantitative estimate of drug-likeness (QED) is 0.461. The van der Waals surface area contributed by atoms with E-state index in [4.69, 9.17) is 5.10 Å². The summed E-state index contributed by atoms with van der Waals surface area (Å²) in [5.74, 6) is 1.69. The maximum absolute atomic E-state index is 4.79. The van der Waals surface area contributed by atoms with Gasteiger partial charge < -0.3 is 0 Å². The third-order valence-electron chi connectivity index (χ3n) is 4.82. The van der Waals surface area contributed by atoms with Gasteiger partial charge in [0.05, 0.1) is 0 Å². The summed E-state index contributed by atoms with van der Waals surface area (Å²) in [4.78, 5) is 0.837. The van der Waals surface area contributed by atoms with Crippen LogP contribution in [-0.4, -0.2) is 19.8 Å². The van der Waals surface area contributed by atoms with Crippen LogP contribution in [0, 0.1) is 12.8 Å². The first-order chi connectivity index (χ1) is 13.0. The molecule has 2 aromatic carbocycles. The minimum absolute atomic E-state index is 0.140. The van der Waals surface area contributed by atoms with E-state index in [0.717, 1.165) is 27.8 Å². The fourth-order valence-electron chi connectivity index (χ4n) is 3.28. The highest BCUT2D eigenvalue weighted by atomic mass is 32.1. The lowest BCUT2D eigenvalue weighted by Crippen LogP contribution is -2.04. The molecule has 4 rings (SSSR count). The van der Waals surface area contributed by atoms with E-state index >= 15 is 0 Å². The monoisotopic (exact) mass is 376 g/mol. The molecule has 138 valence electrons. The van der Waals surface area contributed by atoms with Gasteiger partial charge in [-0.1, -0.05) is 86.2 Å². The van der Waals surface area contributed by atoms with Gasteiger partial charge in [0.2, 0.25) is 4.96 Å². The van der Waals surface area contributed by atoms with Gasteiger partial charge in [0.15, 0.2) is 5.82 Å². The standard InChI is InChI=1S/C22H24N4S/c1-14(2)13-17-7-11-18(12-8-17)16(4)20-23-24-22-26(20)25-21(27-22)19-9-5-15(3)6-10-19/h5-12,14,16H,13H2,1-4H3/t16-/m0/s1. The first-order valence-corrected chi connectivity index (χ1v) is 10.2. The predicted molar refractivity (Wildman–Crippen MR) is 111 cm³/mol. The van der Waals surface area contributed by atoms with Gasteiger partial charge in [0, 0.05) is 11.5 Å². The Bertz CT molecular complexity index is 1040. The van der Waals surface area contributed by atoms with Crippen LogP contribution in [0.2, 0.25) is 0 Å². The fraction of sp³-hybridized carbons (Fsp3) is 0.318. The third-order valence-corrected chi connectivity index (χ3v) is 5.77. The van der Waals surface area contributed by atoms with E-state index in [1.165, 1.54) is 16.7 Å². The van der Waals surface area contributed by atoms with E-state index in [1.807, 2.05) is 4.52 Å². The number of nitrogens with zero attached hydrogens (tertiary/aromatic N) is 4. The Morgan fingerprint density at radius 3 is 2.30 bits per heavy atom. The molecule has 2 heterocycles. The second kappa shape index (κ2) is 7.24. The molecule has 0 saturated carbocycles. The van der Waals surface area contributed by atoms with Gasteiger partial charge in [-0.15, -0.1) is 10.2 Å². The Balaban J connectivity index is 1.64. The van der Waals surface area contributed by atoms with Crippen LogP contribution in [0.4, 0.5) is 0 Å². The maximum Gasteiger partial charge on any atom is 0.235 e. The molecule has 4 nitrogen and oxygen atoms in total. The molecule has 5 heteroatoms. The summed E-state index contributed by atoms with van der Waals surface area (Å²) in [6.45, 7) is 8.75. The van der Waals surface area contributed by atoms with Crippen molar-refractivity contribution in [2.75, 3.05) is 0 Å². The van der Waals surface area contributed by atoms with Crippen molar-refractivity contribution < 1.29 is 0 Å². The summed E-state index contributed by atoms with van der Waals surface area (Å²) in [5, 5.41) is 14.5. The lowest BCUT2D eigenvalue weighted by Gasteiger charge is -2.11. The van der Waals surface area contributed by atoms with Crippen molar-refractivity contribution in [3.05, 3.63) is 71.0 Å². The van der Waals surface area contributed by atoms with Crippen LogP contribution in [0.25, 0.3) is 15.5 Å². The van der Waals surface area contributed by atoms with Gasteiger partial charge in [-0.05, 0) is 30.4 Å². The number of hydrogen-bond donors (Lipinski definition) is 0. The molecule has 0 saturated heterocycles. The number of benzene rings is 2. The third kappa shape index (κ3) is 3.65. The molecular weight excluding hydrogens is 352 g/mol. The molecule has 0 N–H and O–H groups in total. The van der Waals surface area contributed by atoms with Crippen LogP contribution >= 0.6 is 11.3 Å². The number of aryl methyl sites for hydroxylation is 1. The molecule has 0 radical (unpaired) electrons. The molecule has 0 amide bonds. The summed E-state index contributed by atoms with van der Waals surface area (Å²) in [7, 11) is 0. The van der Waals surface area contributed by atoms with E-state index < -0.39 is 0 Å². The molecule has 1 atom stereocenters. The van der Waals surface area contributed by atoms with Crippen molar-refractivity contribution in [1.82, 2.24) is 19.8 Å². The summed E-state index contributed by atoms with van der Waals surface area (Å²) < 4.78 is 1.90. The topological polar surface area (TPSA) is 43.1 Å². The van der Waals surface area contributed by atoms with Gasteiger partial charge in [0.25, 0.3) is 0 Å². The van der Waals surface area contributed by atoms with Crippen LogP contribution in [0.15, 0.2) is 48.5 Å². The van der Waals surface area contributed by atoms with Gasteiger partial charge >= 0.3 is 0 Å². The molecule has 0 fully saturated rings. The lowest BCUT2D eigenvalue weighted by atomic mass is 9.96. The van der Waals surface area contributed by atoms with Gasteiger partial charge in [-0.25, -0.2) is 0 Å². The Hall–Kier alpha value is -2.53. The summed E-state index contributed by atoms with van der Waals surface area (Å²) in [6, 6.07) is 17.3. The van der Waals surface area contributed by atoms with E-state index in [9.17, 15) is 0 Å². The van der Waals surface area contributed by atoms with Crippen molar-refractivity contribution in [2.24, 2.45) is 5.92 Å². The number of hydrogen-bond acceptors (Lipinski definition) is 4. The zero-order chi connectivity index (χ0) is 19.0. The smallest absolute Gasteiger partial charge is 0.186 e. The normalized spacial score (nSPS) is 12.8. The Morgan fingerprint density at radius 2 is 1.63 bits per heavy atom. The van der Waals surface area contributed by atoms with E-state index in [-0.39, 0.29) is 5.92 Å². The highest BCUT2D eigenvalue weighted by Gasteiger charge is 2.19. The van der Waals surface area contributed by atoms with Crippen LogP contribution < -0.4 is 0 Å². The minimum atomic E-state index is 0.140. The molecule has 27 heavy (non-hydrogen) atoms. The van der Waals surface area contributed by atoms with Crippen LogP contribution in [-0.2, 0) is 6.42 Å². The van der Waals surface area contributed by atoms with Gasteiger partial charge in [0.1, 0.15) is 5.01 Å². The molecule has 0 bridgehead atoms. The first kappa shape index (κ1) is 17.9. The highest BCUT2D eigenvalue weighted by Crippen LogP contribution is 2.29. The average molecular weight is 377 g/mol. The Kier molecular flexibility index (Phi) is 4.79. The predicted octanol–water partition coefficient (Wildman–Crippen LogP) is 5.51. The molecule has 0 aliphatic rings. The van der Waals surface area contributed by atoms with Gasteiger partial charge in [-0.3, -0.25) is 0 Å². The highest BCUT2D eigenvalue weighted by molar-refractivity contribution is 7.19. The number of rotatable bonds is 5. The molecule has 0 unspecified atom stereocenters. The molecule has 2 aromatic heterocycles. The average Bonchev–Trinajstić information content (AvgIpc) is 3.22. The van der Waals surface area contributed by atoms with E-state index in [2.05, 4.69) is 86.4 Å². The molecular formula is C22H24N4S. The Labute approximate surface area is 163 Å². The Morgan fingerprint density at radius 1 is 0.926 bits per heavy atom. The SMILES string of the molecule is Cc1ccc(-c2nn3c([C@@H](C)c4ccc(CC(C)C)cc4)nnc3s2)cc1. The van der Waals surface area contributed by atoms with Crippen LogP contribution in [0.5, 0.6) is 0 Å². The first-order valence-electron chi connectivity index (χ1n) is 9.39. The van der Waals surface area contributed by atoms with Crippen molar-refractivity contribution in [3.8, 4) is 10.6 Å². The number of aromatic nitrogens is 4. The number of fused-ring (bicyclic) bond motifs is 1. The lowest BCUT2D eigenvalue weighted by molar-refractivity contribution is 0.647. The second-order valence-electron chi connectivity index (χ2n) is 7.59. The van der Waals surface area contributed by atoms with Crippen molar-refractivity contribution in [2.45, 2.75) is 40.0 Å². The second-order valence-corrected chi connectivity index (χ2v) is 8.54. The molecule has 0 spiro atoms. The minimum Gasteiger partial charge on any atom is -0.186 e. The van der Waals surface area contributed by atoms with E-state index in [1.54, 1.807) is 11.3 Å². The van der Waals surface area contributed by atoms with Gasteiger partial charge in [-0.2, -0.15) is 9.61 Å². The zero-order valence-electron chi connectivity index (χ0n) is 16.2. The zero-order valence-corrected chi connectivity index (χ0v) is 17.0. The van der Waals surface area contributed by atoms with Crippen LogP contribution in [0.3, 0.4) is 0 Å². The van der Waals surface area contributed by atoms with E-state index in [0.29, 0.717) is 5.92 Å². The summed E-state index contributed by atoms with van der Waals surface area (Å²) >= 11 is 1.58. The fourth-order valence-corrected chi connectivity index (χ4v) is 4.13. The van der Waals surface area contributed by atoms with Crippen molar-refractivity contribution >= 4 is 16.3 Å². The summed E-state index contributed by atoms with van der Waals surface area (Å²) in [6.07, 6.45) is 1.11.